The van der Waals surface area contributed by atoms with Gasteiger partial charge in [-0.1, -0.05) is 12.1 Å². The predicted octanol–water partition coefficient (Wildman–Crippen LogP) is 2.35. The van der Waals surface area contributed by atoms with Crippen LogP contribution in [0.2, 0.25) is 0 Å². The lowest BCUT2D eigenvalue weighted by Gasteiger charge is -2.33. The molecule has 8 nitrogen and oxygen atoms in total. The van der Waals surface area contributed by atoms with Gasteiger partial charge < -0.3 is 23.9 Å². The number of rotatable bonds is 7. The Morgan fingerprint density at radius 2 is 2.15 bits per heavy atom. The summed E-state index contributed by atoms with van der Waals surface area (Å²) >= 11 is 0. The minimum absolute atomic E-state index is 0.0167. The predicted molar refractivity (Wildman–Crippen MR) is 99.3 cm³/mol. The Morgan fingerprint density at radius 1 is 1.37 bits per heavy atom. The first kappa shape index (κ1) is 19.4. The maximum absolute atomic E-state index is 12.5. The highest BCUT2D eigenvalue weighted by molar-refractivity contribution is 5.73. The van der Waals surface area contributed by atoms with Crippen LogP contribution in [0.5, 0.6) is 0 Å². The summed E-state index contributed by atoms with van der Waals surface area (Å²) in [5.74, 6) is 2.40. The Labute approximate surface area is 159 Å². The summed E-state index contributed by atoms with van der Waals surface area (Å²) in [6.07, 6.45) is 0.809. The van der Waals surface area contributed by atoms with E-state index in [1.807, 2.05) is 32.0 Å². The van der Waals surface area contributed by atoms with Crippen molar-refractivity contribution in [1.82, 2.24) is 20.3 Å². The van der Waals surface area contributed by atoms with E-state index in [2.05, 4.69) is 15.4 Å². The van der Waals surface area contributed by atoms with Gasteiger partial charge in [0.25, 0.3) is 0 Å². The third-order valence-electron chi connectivity index (χ3n) is 4.73. The number of amides is 2. The van der Waals surface area contributed by atoms with Crippen molar-refractivity contribution in [2.45, 2.75) is 32.9 Å². The maximum atomic E-state index is 12.5. The van der Waals surface area contributed by atoms with Crippen LogP contribution >= 0.6 is 0 Å². The second kappa shape index (κ2) is 9.05. The lowest BCUT2D eigenvalue weighted by Crippen LogP contribution is -2.45. The van der Waals surface area contributed by atoms with Crippen molar-refractivity contribution in [2.75, 3.05) is 39.9 Å². The molecule has 1 N–H and O–H groups in total. The number of morpholine rings is 1. The van der Waals surface area contributed by atoms with Gasteiger partial charge in [-0.05, 0) is 25.5 Å². The zero-order chi connectivity index (χ0) is 19.2. The largest absolute Gasteiger partial charge is 0.465 e. The molecule has 2 aromatic heterocycles. The van der Waals surface area contributed by atoms with E-state index in [1.54, 1.807) is 11.9 Å². The molecule has 0 spiro atoms. The highest BCUT2D eigenvalue weighted by Crippen LogP contribution is 2.23. The normalized spacial score (nSPS) is 16.3. The van der Waals surface area contributed by atoms with Crippen molar-refractivity contribution in [3.05, 3.63) is 41.2 Å². The minimum Gasteiger partial charge on any atom is -0.465 e. The average Bonchev–Trinajstić information content (AvgIpc) is 3.31. The maximum Gasteiger partial charge on any atom is 0.317 e. The molecule has 3 rings (SSSR count). The molecule has 1 atom stereocenters. The van der Waals surface area contributed by atoms with Crippen molar-refractivity contribution in [3.8, 4) is 0 Å². The van der Waals surface area contributed by atoms with Crippen molar-refractivity contribution in [2.24, 2.45) is 0 Å². The van der Waals surface area contributed by atoms with Crippen LogP contribution in [0.15, 0.2) is 27.1 Å². The van der Waals surface area contributed by atoms with E-state index in [1.165, 1.54) is 0 Å². The zero-order valence-electron chi connectivity index (χ0n) is 16.2. The van der Waals surface area contributed by atoms with E-state index in [0.29, 0.717) is 32.1 Å². The van der Waals surface area contributed by atoms with E-state index >= 15 is 0 Å². The zero-order valence-corrected chi connectivity index (χ0v) is 16.2. The first-order valence-corrected chi connectivity index (χ1v) is 9.38. The second-order valence-corrected chi connectivity index (χ2v) is 6.79. The number of aromatic nitrogens is 1. The lowest BCUT2D eigenvalue weighted by molar-refractivity contribution is 0.0119. The number of aryl methyl sites for hydroxylation is 2. The highest BCUT2D eigenvalue weighted by Gasteiger charge is 2.26. The standard InChI is InChI=1S/C19H28N4O4/c1-4-15-11-16(27-21-15)13-22(3)19(24)20-12-17(18-6-5-14(2)26-18)23-7-9-25-10-8-23/h5-6,11,17H,4,7-10,12-13H2,1-3H3,(H,20,24)/t17-/m1/s1. The number of carbonyl (C=O) groups excluding carboxylic acids is 1. The number of hydrogen-bond acceptors (Lipinski definition) is 6. The van der Waals surface area contributed by atoms with Gasteiger partial charge in [-0.25, -0.2) is 4.79 Å². The molecule has 0 aromatic carbocycles. The van der Waals surface area contributed by atoms with Gasteiger partial charge in [0.05, 0.1) is 31.5 Å². The Morgan fingerprint density at radius 3 is 2.78 bits per heavy atom. The smallest absolute Gasteiger partial charge is 0.317 e. The Balaban J connectivity index is 1.59. The molecule has 1 aliphatic rings. The fourth-order valence-electron chi connectivity index (χ4n) is 3.15. The van der Waals surface area contributed by atoms with E-state index in [4.69, 9.17) is 13.7 Å². The molecule has 1 aliphatic heterocycles. The third-order valence-corrected chi connectivity index (χ3v) is 4.73. The van der Waals surface area contributed by atoms with E-state index in [9.17, 15) is 4.79 Å². The summed E-state index contributed by atoms with van der Waals surface area (Å²) in [6, 6.07) is 5.63. The first-order valence-electron chi connectivity index (χ1n) is 9.38. The van der Waals surface area contributed by atoms with Crippen LogP contribution in [0.25, 0.3) is 0 Å². The number of nitrogens with zero attached hydrogens (tertiary/aromatic N) is 3. The van der Waals surface area contributed by atoms with Crippen LogP contribution in [0, 0.1) is 6.92 Å². The average molecular weight is 376 g/mol. The van der Waals surface area contributed by atoms with Crippen molar-refractivity contribution in [1.29, 1.82) is 0 Å². The van der Waals surface area contributed by atoms with Crippen LogP contribution in [-0.4, -0.2) is 60.9 Å². The molecule has 8 heteroatoms. The summed E-state index contributed by atoms with van der Waals surface area (Å²) in [6.45, 7) is 7.79. The molecule has 3 heterocycles. The van der Waals surface area contributed by atoms with Crippen LogP contribution in [0.1, 0.15) is 35.9 Å². The molecule has 0 aliphatic carbocycles. The van der Waals surface area contributed by atoms with Gasteiger partial charge in [0.1, 0.15) is 11.5 Å². The van der Waals surface area contributed by atoms with Gasteiger partial charge in [0.15, 0.2) is 5.76 Å². The number of furan rings is 1. The molecule has 1 saturated heterocycles. The summed E-state index contributed by atoms with van der Waals surface area (Å²) in [4.78, 5) is 16.4. The van der Waals surface area contributed by atoms with Crippen LogP contribution < -0.4 is 5.32 Å². The van der Waals surface area contributed by atoms with Gasteiger partial charge in [-0.3, -0.25) is 4.90 Å². The molecular weight excluding hydrogens is 348 g/mol. The molecule has 27 heavy (non-hydrogen) atoms. The lowest BCUT2D eigenvalue weighted by atomic mass is 10.1. The third kappa shape index (κ3) is 5.11. The van der Waals surface area contributed by atoms with Crippen molar-refractivity contribution in [3.63, 3.8) is 0 Å². The SMILES string of the molecule is CCc1cc(CN(C)C(=O)NC[C@H](c2ccc(C)o2)N2CCOCC2)on1. The van der Waals surface area contributed by atoms with Crippen molar-refractivity contribution < 1.29 is 18.5 Å². The molecule has 0 bridgehead atoms. The van der Waals surface area contributed by atoms with Crippen LogP contribution in [0.3, 0.4) is 0 Å². The Kier molecular flexibility index (Phi) is 6.52. The molecule has 0 unspecified atom stereocenters. The number of urea groups is 1. The quantitative estimate of drug-likeness (QED) is 0.799. The van der Waals surface area contributed by atoms with Crippen LogP contribution in [-0.2, 0) is 17.7 Å². The molecule has 0 radical (unpaired) electrons. The number of carbonyl (C=O) groups is 1. The molecule has 1 fully saturated rings. The van der Waals surface area contributed by atoms with Crippen molar-refractivity contribution >= 4 is 6.03 Å². The van der Waals surface area contributed by atoms with E-state index in [0.717, 1.165) is 36.7 Å². The summed E-state index contributed by atoms with van der Waals surface area (Å²) in [5.41, 5.74) is 0.888. The number of ether oxygens (including phenoxy) is 1. The molecule has 2 aromatic rings. The highest BCUT2D eigenvalue weighted by atomic mass is 16.5. The van der Waals surface area contributed by atoms with Gasteiger partial charge in [0.2, 0.25) is 0 Å². The summed E-state index contributed by atoms with van der Waals surface area (Å²) < 4.78 is 16.5. The second-order valence-electron chi connectivity index (χ2n) is 6.79. The van der Waals surface area contributed by atoms with Gasteiger partial charge in [-0.2, -0.15) is 0 Å². The minimum atomic E-state index is -0.161. The van der Waals surface area contributed by atoms with Crippen LogP contribution in [0.4, 0.5) is 4.79 Å². The molecular formula is C19H28N4O4. The van der Waals surface area contributed by atoms with E-state index < -0.39 is 0 Å². The number of nitrogens with one attached hydrogen (secondary N) is 1. The summed E-state index contributed by atoms with van der Waals surface area (Å²) in [5, 5.41) is 6.97. The fourth-order valence-corrected chi connectivity index (χ4v) is 3.15. The monoisotopic (exact) mass is 376 g/mol. The Bertz CT molecular complexity index is 736. The van der Waals surface area contributed by atoms with Gasteiger partial charge >= 0.3 is 6.03 Å². The first-order chi connectivity index (χ1) is 13.1. The molecule has 148 valence electrons. The topological polar surface area (TPSA) is 84.0 Å². The number of hydrogen-bond donors (Lipinski definition) is 1. The van der Waals surface area contributed by atoms with Gasteiger partial charge in [0, 0.05) is 32.7 Å². The Hall–Kier alpha value is -2.32. The molecule has 2 amide bonds. The fraction of sp³-hybridized carbons (Fsp3) is 0.579. The van der Waals surface area contributed by atoms with E-state index in [-0.39, 0.29) is 12.1 Å². The van der Waals surface area contributed by atoms with Gasteiger partial charge in [-0.15, -0.1) is 0 Å². The molecule has 0 saturated carbocycles. The summed E-state index contributed by atoms with van der Waals surface area (Å²) in [7, 11) is 1.74.